The van der Waals surface area contributed by atoms with Crippen molar-refractivity contribution in [3.8, 4) is 0 Å². The van der Waals surface area contributed by atoms with Crippen LogP contribution in [0.15, 0.2) is 64.4 Å². The van der Waals surface area contributed by atoms with Gasteiger partial charge in [0.2, 0.25) is 0 Å². The molecule has 0 aromatic heterocycles. The quantitative estimate of drug-likeness (QED) is 0.863. The molecule has 0 radical (unpaired) electrons. The predicted molar refractivity (Wildman–Crippen MR) is 83.6 cm³/mol. The third-order valence-electron chi connectivity index (χ3n) is 2.73. The second-order valence-corrected chi connectivity index (χ2v) is 6.81. The van der Waals surface area contributed by atoms with Gasteiger partial charge in [0, 0.05) is 21.9 Å². The Morgan fingerprint density at radius 1 is 0.842 bits per heavy atom. The van der Waals surface area contributed by atoms with E-state index in [0.717, 1.165) is 6.54 Å². The molecule has 0 saturated carbocycles. The second kappa shape index (κ2) is 6.27. The van der Waals surface area contributed by atoms with Crippen LogP contribution >= 0.6 is 11.8 Å². The molecular formula is C17H21NS. The van der Waals surface area contributed by atoms with E-state index in [2.05, 4.69) is 74.6 Å². The van der Waals surface area contributed by atoms with Crippen LogP contribution in [0.1, 0.15) is 26.3 Å². The van der Waals surface area contributed by atoms with Gasteiger partial charge in [-0.2, -0.15) is 0 Å². The van der Waals surface area contributed by atoms with Crippen molar-refractivity contribution in [2.45, 2.75) is 42.6 Å². The van der Waals surface area contributed by atoms with Gasteiger partial charge in [-0.25, -0.2) is 0 Å². The number of hydrogen-bond acceptors (Lipinski definition) is 2. The molecule has 1 N–H and O–H groups in total. The van der Waals surface area contributed by atoms with Crippen LogP contribution in [0, 0.1) is 0 Å². The Bertz CT molecular complexity index is 497. The van der Waals surface area contributed by atoms with Crippen molar-refractivity contribution < 1.29 is 0 Å². The summed E-state index contributed by atoms with van der Waals surface area (Å²) >= 11 is 1.80. The number of benzene rings is 2. The largest absolute Gasteiger partial charge is 0.308 e. The topological polar surface area (TPSA) is 12.0 Å². The van der Waals surface area contributed by atoms with Crippen LogP contribution in [0.3, 0.4) is 0 Å². The zero-order chi connectivity index (χ0) is 13.7. The van der Waals surface area contributed by atoms with Crippen LogP contribution in [0.5, 0.6) is 0 Å². The van der Waals surface area contributed by atoms with Crippen LogP contribution in [0.25, 0.3) is 0 Å². The van der Waals surface area contributed by atoms with Crippen LogP contribution in [0.2, 0.25) is 0 Å². The maximum atomic E-state index is 3.50. The molecular weight excluding hydrogens is 250 g/mol. The van der Waals surface area contributed by atoms with Gasteiger partial charge in [0.15, 0.2) is 0 Å². The van der Waals surface area contributed by atoms with E-state index in [4.69, 9.17) is 0 Å². The summed E-state index contributed by atoms with van der Waals surface area (Å²) in [5.74, 6) is 0. The van der Waals surface area contributed by atoms with Gasteiger partial charge >= 0.3 is 0 Å². The molecule has 0 bridgehead atoms. The molecule has 2 aromatic rings. The van der Waals surface area contributed by atoms with E-state index in [0.29, 0.717) is 0 Å². The van der Waals surface area contributed by atoms with E-state index in [1.807, 2.05) is 6.07 Å². The number of rotatable bonds is 4. The Morgan fingerprint density at radius 2 is 1.42 bits per heavy atom. The minimum atomic E-state index is 0.164. The Hall–Kier alpha value is -1.25. The SMILES string of the molecule is CC(C)(C)NCc1ccc(Sc2ccccc2)cc1. The zero-order valence-corrected chi connectivity index (χ0v) is 12.6. The molecule has 100 valence electrons. The van der Waals surface area contributed by atoms with Crippen LogP contribution in [0.4, 0.5) is 0 Å². The highest BCUT2D eigenvalue weighted by atomic mass is 32.2. The lowest BCUT2D eigenvalue weighted by Crippen LogP contribution is -2.35. The maximum absolute atomic E-state index is 3.50. The molecule has 1 nitrogen and oxygen atoms in total. The first-order valence-electron chi connectivity index (χ1n) is 6.60. The molecule has 0 heterocycles. The Balaban J connectivity index is 1.95. The van der Waals surface area contributed by atoms with Gasteiger partial charge in [-0.1, -0.05) is 42.1 Å². The maximum Gasteiger partial charge on any atom is 0.0210 e. The van der Waals surface area contributed by atoms with Crippen molar-refractivity contribution in [1.29, 1.82) is 0 Å². The van der Waals surface area contributed by atoms with Gasteiger partial charge in [0.1, 0.15) is 0 Å². The third-order valence-corrected chi connectivity index (χ3v) is 3.74. The van der Waals surface area contributed by atoms with E-state index in [1.165, 1.54) is 15.4 Å². The molecule has 2 rings (SSSR count). The van der Waals surface area contributed by atoms with Crippen molar-refractivity contribution in [1.82, 2.24) is 5.32 Å². The summed E-state index contributed by atoms with van der Waals surface area (Å²) in [6.07, 6.45) is 0. The average molecular weight is 271 g/mol. The Morgan fingerprint density at radius 3 is 2.00 bits per heavy atom. The summed E-state index contributed by atoms with van der Waals surface area (Å²) in [5, 5.41) is 3.50. The van der Waals surface area contributed by atoms with Gasteiger partial charge < -0.3 is 5.32 Å². The number of hydrogen-bond donors (Lipinski definition) is 1. The van der Waals surface area contributed by atoms with Gasteiger partial charge in [-0.3, -0.25) is 0 Å². The fourth-order valence-electron chi connectivity index (χ4n) is 1.67. The highest BCUT2D eigenvalue weighted by Crippen LogP contribution is 2.27. The molecule has 0 atom stereocenters. The summed E-state index contributed by atoms with van der Waals surface area (Å²) in [4.78, 5) is 2.56. The summed E-state index contributed by atoms with van der Waals surface area (Å²) in [7, 11) is 0. The van der Waals surface area contributed by atoms with Crippen molar-refractivity contribution in [2.75, 3.05) is 0 Å². The van der Waals surface area contributed by atoms with Crippen molar-refractivity contribution in [2.24, 2.45) is 0 Å². The molecule has 0 aliphatic carbocycles. The lowest BCUT2D eigenvalue weighted by molar-refractivity contribution is 0.424. The summed E-state index contributed by atoms with van der Waals surface area (Å²) < 4.78 is 0. The lowest BCUT2D eigenvalue weighted by Gasteiger charge is -2.20. The highest BCUT2D eigenvalue weighted by molar-refractivity contribution is 7.99. The van der Waals surface area contributed by atoms with Crippen molar-refractivity contribution >= 4 is 11.8 Å². The first-order chi connectivity index (χ1) is 9.03. The fourth-order valence-corrected chi connectivity index (χ4v) is 2.50. The molecule has 0 aliphatic heterocycles. The first-order valence-corrected chi connectivity index (χ1v) is 7.41. The van der Waals surface area contributed by atoms with Crippen LogP contribution in [-0.2, 0) is 6.54 Å². The molecule has 0 aliphatic rings. The minimum Gasteiger partial charge on any atom is -0.308 e. The summed E-state index contributed by atoms with van der Waals surface area (Å²) in [6.45, 7) is 7.48. The Kier molecular flexibility index (Phi) is 4.67. The molecule has 0 unspecified atom stereocenters. The smallest absolute Gasteiger partial charge is 0.0210 e. The molecule has 0 saturated heterocycles. The molecule has 2 heteroatoms. The molecule has 0 amide bonds. The van der Waals surface area contributed by atoms with E-state index in [-0.39, 0.29) is 5.54 Å². The first kappa shape index (κ1) is 14.2. The van der Waals surface area contributed by atoms with Gasteiger partial charge in [-0.05, 0) is 50.6 Å². The molecule has 0 fully saturated rings. The molecule has 0 spiro atoms. The van der Waals surface area contributed by atoms with E-state index >= 15 is 0 Å². The average Bonchev–Trinajstić information content (AvgIpc) is 2.38. The zero-order valence-electron chi connectivity index (χ0n) is 11.8. The van der Waals surface area contributed by atoms with E-state index < -0.39 is 0 Å². The molecule has 19 heavy (non-hydrogen) atoms. The van der Waals surface area contributed by atoms with Crippen LogP contribution < -0.4 is 5.32 Å². The lowest BCUT2D eigenvalue weighted by atomic mass is 10.1. The monoisotopic (exact) mass is 271 g/mol. The minimum absolute atomic E-state index is 0.164. The molecule has 2 aromatic carbocycles. The van der Waals surface area contributed by atoms with Gasteiger partial charge in [-0.15, -0.1) is 0 Å². The fraction of sp³-hybridized carbons (Fsp3) is 0.294. The van der Waals surface area contributed by atoms with E-state index in [9.17, 15) is 0 Å². The predicted octanol–water partition coefficient (Wildman–Crippen LogP) is 4.73. The number of nitrogens with one attached hydrogen (secondary N) is 1. The third kappa shape index (κ3) is 5.09. The van der Waals surface area contributed by atoms with E-state index in [1.54, 1.807) is 11.8 Å². The second-order valence-electron chi connectivity index (χ2n) is 5.66. The van der Waals surface area contributed by atoms with Gasteiger partial charge in [0.25, 0.3) is 0 Å². The summed E-state index contributed by atoms with van der Waals surface area (Å²) in [6, 6.07) is 19.3. The normalized spacial score (nSPS) is 11.5. The van der Waals surface area contributed by atoms with Crippen molar-refractivity contribution in [3.05, 3.63) is 60.2 Å². The standard InChI is InChI=1S/C17H21NS/c1-17(2,3)18-13-14-9-11-16(12-10-14)19-15-7-5-4-6-8-15/h4-12,18H,13H2,1-3H3. The highest BCUT2D eigenvalue weighted by Gasteiger charge is 2.08. The van der Waals surface area contributed by atoms with Gasteiger partial charge in [0.05, 0.1) is 0 Å². The van der Waals surface area contributed by atoms with Crippen LogP contribution in [-0.4, -0.2) is 5.54 Å². The van der Waals surface area contributed by atoms with Crippen molar-refractivity contribution in [3.63, 3.8) is 0 Å². The summed E-state index contributed by atoms with van der Waals surface area (Å²) in [5.41, 5.74) is 1.49. The Labute approximate surface area is 120 Å².